The molecular formula is C88H165BrN2O10. The Balaban J connectivity index is -0.000000451. The first-order valence-electron chi connectivity index (χ1n) is 41.4. The summed E-state index contributed by atoms with van der Waals surface area (Å²) in [5.74, 6) is -1.73. The van der Waals surface area contributed by atoms with Gasteiger partial charge in [0, 0.05) is 18.4 Å². The second-order valence-electron chi connectivity index (χ2n) is 28.1. The molecule has 0 amide bonds. The fourth-order valence-electron chi connectivity index (χ4n) is 11.0. The standard InChI is InChI=1S/C37H69NO3.C32H60O2.C10H19Br.C5H11NO2.C4H6O3/c1-6-9-12-15-18-21-24-27-30-35(41-36(39)31-34-38(4)5)37(40,32-28-25-22-19-16-13-10-7-2)33-29-26-23-20-17-14-11-8-3;1-4-7-10-13-16-19-22-25-28-31(33)32(34,29-26-23-20-17-14-11-8-5-2)30-27-24-21-18-15-12-9-6-3;1-2-3-4-5-6-7-8-9-10-11;1-6(2)4-3-5(7)8;1-2-7-4(6)3-5/h18-23,35,40H,6-17,24-34H2,1-5H3;16-21,31,33-34H,4-15,22-30H2,1-3H3;6-7H,2-5,8-10H2,1H3;3-4H2,1-2H3,(H,7,8);3H,2H2,1H3/b21-18-,22-19-,23-20-;19-16-,20-17-,21-18-;7-6-;;. The van der Waals surface area contributed by atoms with Crippen LogP contribution in [0.25, 0.3) is 0 Å². The molecule has 0 fully saturated rings. The molecule has 0 aromatic rings. The van der Waals surface area contributed by atoms with E-state index >= 15 is 0 Å². The monoisotopic (exact) mass is 1490 g/mol. The average Bonchev–Trinajstić information content (AvgIpc) is 0.849. The Bertz CT molecular complexity index is 1890. The van der Waals surface area contributed by atoms with Gasteiger partial charge in [-0.05, 0) is 253 Å². The van der Waals surface area contributed by atoms with Crippen LogP contribution in [0.4, 0.5) is 0 Å². The van der Waals surface area contributed by atoms with Gasteiger partial charge in [-0.2, -0.15) is 0 Å². The van der Waals surface area contributed by atoms with Crippen molar-refractivity contribution in [1.29, 1.82) is 0 Å². The number of aldehydes is 1. The fraction of sp³-hybridized carbons (Fsp3) is 0.795. The first kappa shape index (κ1) is 106. The van der Waals surface area contributed by atoms with E-state index in [1.165, 1.54) is 154 Å². The summed E-state index contributed by atoms with van der Waals surface area (Å²) in [5, 5.41) is 43.7. The molecule has 0 radical (unpaired) electrons. The van der Waals surface area contributed by atoms with E-state index in [9.17, 15) is 34.5 Å². The van der Waals surface area contributed by atoms with Crippen molar-refractivity contribution >= 4 is 40.1 Å². The van der Waals surface area contributed by atoms with Gasteiger partial charge in [0.2, 0.25) is 6.29 Å². The fourth-order valence-corrected chi connectivity index (χ4v) is 11.3. The number of hydrogen-bond donors (Lipinski definition) is 4. The van der Waals surface area contributed by atoms with Gasteiger partial charge in [-0.25, -0.2) is 4.79 Å². The minimum absolute atomic E-state index is 0.142. The Kier molecular flexibility index (Phi) is 91.6. The minimum Gasteiger partial charge on any atom is -0.481 e. The van der Waals surface area contributed by atoms with Gasteiger partial charge < -0.3 is 39.7 Å². The largest absolute Gasteiger partial charge is 0.481 e. The number of halogens is 1. The normalized spacial score (nSPS) is 12.5. The van der Waals surface area contributed by atoms with Crippen molar-refractivity contribution in [1.82, 2.24) is 9.80 Å². The number of ether oxygens (including phenoxy) is 2. The van der Waals surface area contributed by atoms with Crippen molar-refractivity contribution in [2.75, 3.05) is 53.2 Å². The van der Waals surface area contributed by atoms with Crippen LogP contribution in [0.3, 0.4) is 0 Å². The molecule has 0 bridgehead atoms. The van der Waals surface area contributed by atoms with Gasteiger partial charge in [-0.1, -0.05) is 239 Å². The van der Waals surface area contributed by atoms with E-state index < -0.39 is 35.3 Å². The lowest BCUT2D eigenvalue weighted by molar-refractivity contribution is -0.169. The molecule has 0 aliphatic carbocycles. The van der Waals surface area contributed by atoms with Crippen LogP contribution in [0.2, 0.25) is 0 Å². The highest BCUT2D eigenvalue weighted by molar-refractivity contribution is 9.09. The first-order valence-corrected chi connectivity index (χ1v) is 42.5. The van der Waals surface area contributed by atoms with Gasteiger partial charge in [-0.15, -0.1) is 0 Å². The molecule has 4 N–H and O–H groups in total. The molecule has 12 nitrogen and oxygen atoms in total. The van der Waals surface area contributed by atoms with Crippen molar-refractivity contribution < 1.29 is 49.1 Å². The zero-order valence-electron chi connectivity index (χ0n) is 68.0. The number of carboxylic acid groups (broad SMARTS) is 1. The molecule has 0 saturated heterocycles. The molecular weight excluding hydrogens is 1320 g/mol. The van der Waals surface area contributed by atoms with Crippen molar-refractivity contribution in [3.05, 3.63) is 85.1 Å². The van der Waals surface area contributed by atoms with Crippen LogP contribution in [-0.4, -0.2) is 131 Å². The molecule has 594 valence electrons. The second kappa shape index (κ2) is 87.2. The van der Waals surface area contributed by atoms with Gasteiger partial charge in [0.1, 0.15) is 11.7 Å². The molecule has 13 heteroatoms. The molecule has 2 atom stereocenters. The third kappa shape index (κ3) is 87.1. The number of esters is 2. The van der Waals surface area contributed by atoms with E-state index in [1.54, 1.807) is 6.92 Å². The smallest absolute Gasteiger partial charge is 0.371 e. The number of allylic oxidation sites excluding steroid dienone is 14. The van der Waals surface area contributed by atoms with Crippen molar-refractivity contribution in [3.63, 3.8) is 0 Å². The van der Waals surface area contributed by atoms with Gasteiger partial charge in [0.15, 0.2) is 0 Å². The molecule has 0 aliphatic rings. The summed E-state index contributed by atoms with van der Waals surface area (Å²) in [5.41, 5.74) is -1.93. The lowest BCUT2D eigenvalue weighted by Gasteiger charge is -2.36. The predicted octanol–water partition coefficient (Wildman–Crippen LogP) is 24.6. The SMILES string of the molecule is CCCCC/C=C\CCCBr.CCCCC/C=C\CCCC(O)C(O)(CCC/C=C\CCCCC)CCC/C=C\CCCCC.CCCCC/C=C\CCCC(OC(=O)CCN(C)C)C(O)(CCC/C=C\CCCCC)CCC/C=C\CCCCC.CCOC(=O)C=O.CN(C)CCC(=O)O. The minimum atomic E-state index is -0.981. The van der Waals surface area contributed by atoms with Crippen LogP contribution in [-0.2, 0) is 28.7 Å². The number of aliphatic hydroxyl groups is 3. The lowest BCUT2D eigenvalue weighted by Crippen LogP contribution is -2.45. The number of carboxylic acids is 1. The number of aliphatic hydroxyl groups excluding tert-OH is 1. The summed E-state index contributed by atoms with van der Waals surface area (Å²) in [7, 11) is 7.64. The van der Waals surface area contributed by atoms with Crippen LogP contribution < -0.4 is 0 Å². The Labute approximate surface area is 633 Å². The summed E-state index contributed by atoms with van der Waals surface area (Å²) in [6.45, 7) is 18.8. The molecule has 0 aliphatic heterocycles. The van der Waals surface area contributed by atoms with E-state index in [-0.39, 0.29) is 25.3 Å². The number of alkyl halides is 1. The summed E-state index contributed by atoms with van der Waals surface area (Å²) < 4.78 is 10.3. The molecule has 0 spiro atoms. The van der Waals surface area contributed by atoms with Gasteiger partial charge in [-0.3, -0.25) is 14.4 Å². The number of carbonyl (C=O) groups is 4. The Morgan fingerprint density at radius 3 is 0.901 bits per heavy atom. The third-order valence-electron chi connectivity index (χ3n) is 17.5. The maximum atomic E-state index is 12.8. The topological polar surface area (TPSA) is 174 Å². The summed E-state index contributed by atoms with van der Waals surface area (Å²) in [4.78, 5) is 45.8. The highest BCUT2D eigenvalue weighted by Crippen LogP contribution is 2.32. The zero-order valence-corrected chi connectivity index (χ0v) is 69.6. The molecule has 0 saturated carbocycles. The number of carbonyl (C=O) groups excluding carboxylic acids is 3. The first-order chi connectivity index (χ1) is 48.8. The average molecular weight is 1490 g/mol. The molecule has 0 rings (SSSR count). The van der Waals surface area contributed by atoms with Crippen LogP contribution in [0.1, 0.15) is 376 Å². The van der Waals surface area contributed by atoms with Crippen LogP contribution in [0.15, 0.2) is 85.1 Å². The van der Waals surface area contributed by atoms with Crippen LogP contribution in [0, 0.1) is 0 Å². The number of nitrogens with zero attached hydrogens (tertiary/aromatic N) is 2. The Morgan fingerprint density at radius 1 is 0.386 bits per heavy atom. The summed E-state index contributed by atoms with van der Waals surface area (Å²) >= 11 is 3.41. The van der Waals surface area contributed by atoms with Crippen molar-refractivity contribution in [3.8, 4) is 0 Å². The van der Waals surface area contributed by atoms with Crippen molar-refractivity contribution in [2.24, 2.45) is 0 Å². The number of rotatable bonds is 66. The summed E-state index contributed by atoms with van der Waals surface area (Å²) in [6, 6.07) is 0. The van der Waals surface area contributed by atoms with E-state index in [1.807, 2.05) is 38.0 Å². The Morgan fingerprint density at radius 2 is 0.653 bits per heavy atom. The van der Waals surface area contributed by atoms with Crippen LogP contribution in [0.5, 0.6) is 0 Å². The number of unbranched alkanes of at least 4 members (excludes halogenated alkanes) is 28. The molecule has 0 aromatic heterocycles. The molecule has 0 heterocycles. The van der Waals surface area contributed by atoms with Crippen molar-refractivity contribution in [2.45, 2.75) is 400 Å². The molecule has 0 aromatic carbocycles. The molecule has 2 unspecified atom stereocenters. The van der Waals surface area contributed by atoms with Gasteiger partial charge >= 0.3 is 17.9 Å². The highest BCUT2D eigenvalue weighted by atomic mass is 79.9. The number of hydrogen-bond acceptors (Lipinski definition) is 11. The van der Waals surface area contributed by atoms with Crippen LogP contribution >= 0.6 is 15.9 Å². The predicted molar refractivity (Wildman–Crippen MR) is 442 cm³/mol. The lowest BCUT2D eigenvalue weighted by atomic mass is 9.83. The zero-order chi connectivity index (χ0) is 76.2. The summed E-state index contributed by atoms with van der Waals surface area (Å²) in [6.07, 6.45) is 84.9. The number of aliphatic carboxylic acids is 1. The van der Waals surface area contributed by atoms with E-state index in [4.69, 9.17) is 9.84 Å². The Hall–Kier alpha value is -3.46. The maximum Gasteiger partial charge on any atom is 0.371 e. The van der Waals surface area contributed by atoms with E-state index in [0.717, 1.165) is 121 Å². The maximum absolute atomic E-state index is 12.8. The van der Waals surface area contributed by atoms with Gasteiger partial charge in [0.05, 0.1) is 31.2 Å². The van der Waals surface area contributed by atoms with E-state index in [0.29, 0.717) is 58.0 Å². The van der Waals surface area contributed by atoms with E-state index in [2.05, 4.69) is 154 Å². The second-order valence-corrected chi connectivity index (χ2v) is 28.9. The highest BCUT2D eigenvalue weighted by Gasteiger charge is 2.38. The third-order valence-corrected chi connectivity index (χ3v) is 18.1. The quantitative estimate of drug-likeness (QED) is 0.0113. The molecule has 101 heavy (non-hydrogen) atoms. The van der Waals surface area contributed by atoms with Gasteiger partial charge in [0.25, 0.3) is 0 Å².